The van der Waals surface area contributed by atoms with E-state index in [-0.39, 0.29) is 12.0 Å². The molecule has 2 aromatic rings. The van der Waals surface area contributed by atoms with Crippen LogP contribution in [0.2, 0.25) is 0 Å². The first-order chi connectivity index (χ1) is 10.0. The maximum absolute atomic E-state index is 13.2. The largest absolute Gasteiger partial charge is 0.478 e. The van der Waals surface area contributed by atoms with Gasteiger partial charge in [-0.1, -0.05) is 0 Å². The Labute approximate surface area is 123 Å². The second-order valence-electron chi connectivity index (χ2n) is 4.86. The van der Waals surface area contributed by atoms with Gasteiger partial charge in [-0.05, 0) is 29.7 Å². The minimum atomic E-state index is -0.999. The fraction of sp³-hybridized carbons (Fsp3) is 0.267. The highest BCUT2D eigenvalue weighted by Gasteiger charge is 2.25. The Morgan fingerprint density at radius 2 is 2.00 bits per heavy atom. The number of benzene rings is 1. The molecule has 0 atom stereocenters. The van der Waals surface area contributed by atoms with Gasteiger partial charge in [0.25, 0.3) is 0 Å². The van der Waals surface area contributed by atoms with Crippen LogP contribution in [0.3, 0.4) is 0 Å². The van der Waals surface area contributed by atoms with Gasteiger partial charge in [-0.15, -0.1) is 11.3 Å². The molecule has 1 N–H and O–H groups in total. The average Bonchev–Trinajstić information content (AvgIpc) is 2.75. The Morgan fingerprint density at radius 3 is 2.67 bits per heavy atom. The summed E-state index contributed by atoms with van der Waals surface area (Å²) in [5, 5.41) is 9.42. The van der Waals surface area contributed by atoms with Gasteiger partial charge in [-0.25, -0.2) is 13.6 Å². The zero-order chi connectivity index (χ0) is 15.0. The lowest BCUT2D eigenvalue weighted by Gasteiger charge is -2.12. The number of carbonyl (C=O) groups is 1. The molecule has 0 unspecified atom stereocenters. The molecule has 21 heavy (non-hydrogen) atoms. The number of ether oxygens (including phenoxy) is 1. The van der Waals surface area contributed by atoms with Crippen molar-refractivity contribution in [3.05, 3.63) is 56.3 Å². The van der Waals surface area contributed by atoms with Crippen LogP contribution in [0.15, 0.2) is 18.2 Å². The van der Waals surface area contributed by atoms with Crippen molar-refractivity contribution in [3.63, 3.8) is 0 Å². The predicted octanol–water partition coefficient (Wildman–Crippen LogP) is 3.39. The van der Waals surface area contributed by atoms with Crippen LogP contribution < -0.4 is 0 Å². The molecule has 0 fully saturated rings. The van der Waals surface area contributed by atoms with E-state index in [1.54, 1.807) is 0 Å². The number of carboxylic acids is 1. The van der Waals surface area contributed by atoms with Crippen molar-refractivity contribution in [2.75, 3.05) is 6.61 Å². The third-order valence-corrected chi connectivity index (χ3v) is 4.60. The third-order valence-electron chi connectivity index (χ3n) is 3.39. The Morgan fingerprint density at radius 1 is 1.29 bits per heavy atom. The molecule has 3 rings (SSSR count). The first-order valence-corrected chi connectivity index (χ1v) is 7.25. The summed E-state index contributed by atoms with van der Waals surface area (Å²) in [5.41, 5.74) is 1.49. The summed E-state index contributed by atoms with van der Waals surface area (Å²) >= 11 is 1.35. The van der Waals surface area contributed by atoms with Gasteiger partial charge in [-0.2, -0.15) is 0 Å². The summed E-state index contributed by atoms with van der Waals surface area (Å²) in [6.45, 7) is 0.899. The number of hydrogen-bond donors (Lipinski definition) is 1. The van der Waals surface area contributed by atoms with Gasteiger partial charge >= 0.3 is 5.97 Å². The van der Waals surface area contributed by atoms with Crippen molar-refractivity contribution >= 4 is 17.3 Å². The van der Waals surface area contributed by atoms with Crippen molar-refractivity contribution < 1.29 is 23.4 Å². The van der Waals surface area contributed by atoms with Crippen molar-refractivity contribution in [1.29, 1.82) is 0 Å². The molecular weight excluding hydrogens is 298 g/mol. The molecule has 1 aliphatic heterocycles. The lowest BCUT2D eigenvalue weighted by molar-refractivity contribution is 0.0691. The topological polar surface area (TPSA) is 46.5 Å². The standard InChI is InChI=1S/C15H12F2O3S/c16-9-3-8(4-10(17)6-9)5-12-14(15(18)19)11-1-2-20-7-13(11)21-12/h3-4,6H,1-2,5,7H2,(H,18,19). The number of carboxylic acid groups (broad SMARTS) is 1. The Kier molecular flexibility index (Phi) is 3.73. The summed E-state index contributed by atoms with van der Waals surface area (Å²) in [5.74, 6) is -2.32. The number of halogens is 2. The van der Waals surface area contributed by atoms with E-state index in [1.807, 2.05) is 0 Å². The Bertz CT molecular complexity index is 689. The van der Waals surface area contributed by atoms with E-state index < -0.39 is 17.6 Å². The summed E-state index contributed by atoms with van der Waals surface area (Å²) < 4.78 is 31.8. The van der Waals surface area contributed by atoms with Crippen LogP contribution in [0, 0.1) is 11.6 Å². The molecule has 110 valence electrons. The quantitative estimate of drug-likeness (QED) is 0.945. The van der Waals surface area contributed by atoms with E-state index in [0.29, 0.717) is 30.1 Å². The summed E-state index contributed by atoms with van der Waals surface area (Å²) in [4.78, 5) is 13.0. The normalized spacial score (nSPS) is 14.0. The summed E-state index contributed by atoms with van der Waals surface area (Å²) in [6, 6.07) is 3.25. The zero-order valence-electron chi connectivity index (χ0n) is 11.0. The number of fused-ring (bicyclic) bond motifs is 1. The van der Waals surface area contributed by atoms with E-state index in [9.17, 15) is 18.7 Å². The minimum absolute atomic E-state index is 0.202. The van der Waals surface area contributed by atoms with Gasteiger partial charge in [0, 0.05) is 22.2 Å². The molecule has 0 saturated heterocycles. The van der Waals surface area contributed by atoms with Crippen molar-refractivity contribution in [3.8, 4) is 0 Å². The third kappa shape index (κ3) is 2.82. The van der Waals surface area contributed by atoms with E-state index in [2.05, 4.69) is 0 Å². The highest BCUT2D eigenvalue weighted by molar-refractivity contribution is 7.12. The molecule has 0 saturated carbocycles. The molecule has 0 spiro atoms. The van der Waals surface area contributed by atoms with Gasteiger partial charge in [0.05, 0.1) is 18.8 Å². The molecule has 0 radical (unpaired) electrons. The maximum Gasteiger partial charge on any atom is 0.337 e. The van der Waals surface area contributed by atoms with Gasteiger partial charge < -0.3 is 9.84 Å². The second kappa shape index (κ2) is 5.54. The number of rotatable bonds is 3. The molecule has 3 nitrogen and oxygen atoms in total. The van der Waals surface area contributed by atoms with Crippen molar-refractivity contribution in [2.45, 2.75) is 19.4 Å². The molecule has 0 aliphatic carbocycles. The van der Waals surface area contributed by atoms with E-state index >= 15 is 0 Å². The fourth-order valence-electron chi connectivity index (χ4n) is 2.56. The van der Waals surface area contributed by atoms with Crippen LogP contribution in [0.4, 0.5) is 8.78 Å². The highest BCUT2D eigenvalue weighted by atomic mass is 32.1. The number of hydrogen-bond acceptors (Lipinski definition) is 3. The molecule has 6 heteroatoms. The van der Waals surface area contributed by atoms with Crippen LogP contribution >= 0.6 is 11.3 Å². The second-order valence-corrected chi connectivity index (χ2v) is 6.05. The minimum Gasteiger partial charge on any atom is -0.478 e. The van der Waals surface area contributed by atoms with Gasteiger partial charge in [0.15, 0.2) is 0 Å². The Hall–Kier alpha value is -1.79. The molecule has 1 aromatic carbocycles. The molecule has 0 amide bonds. The highest BCUT2D eigenvalue weighted by Crippen LogP contribution is 2.34. The van der Waals surface area contributed by atoms with Gasteiger partial charge in [0.2, 0.25) is 0 Å². The molecule has 2 heterocycles. The first kappa shape index (κ1) is 14.2. The lowest BCUT2D eigenvalue weighted by Crippen LogP contribution is -2.11. The lowest BCUT2D eigenvalue weighted by atomic mass is 10.0. The Balaban J connectivity index is 2.02. The van der Waals surface area contributed by atoms with E-state index in [0.717, 1.165) is 16.5 Å². The van der Waals surface area contributed by atoms with E-state index in [4.69, 9.17) is 4.74 Å². The molecule has 0 bridgehead atoms. The molecule has 1 aromatic heterocycles. The predicted molar refractivity (Wildman–Crippen MR) is 73.8 cm³/mol. The van der Waals surface area contributed by atoms with Crippen molar-refractivity contribution in [2.24, 2.45) is 0 Å². The zero-order valence-corrected chi connectivity index (χ0v) is 11.8. The van der Waals surface area contributed by atoms with Gasteiger partial charge in [0.1, 0.15) is 11.6 Å². The monoisotopic (exact) mass is 310 g/mol. The average molecular weight is 310 g/mol. The fourth-order valence-corrected chi connectivity index (χ4v) is 3.88. The first-order valence-electron chi connectivity index (χ1n) is 6.44. The van der Waals surface area contributed by atoms with Crippen LogP contribution in [0.25, 0.3) is 0 Å². The van der Waals surface area contributed by atoms with Crippen LogP contribution in [0.5, 0.6) is 0 Å². The smallest absolute Gasteiger partial charge is 0.337 e. The van der Waals surface area contributed by atoms with E-state index in [1.165, 1.54) is 23.5 Å². The summed E-state index contributed by atoms with van der Waals surface area (Å²) in [6.07, 6.45) is 0.763. The molecule has 1 aliphatic rings. The molecular formula is C15H12F2O3S. The SMILES string of the molecule is O=C(O)c1c(Cc2cc(F)cc(F)c2)sc2c1CCOC2. The van der Waals surface area contributed by atoms with Crippen LogP contribution in [-0.4, -0.2) is 17.7 Å². The number of thiophene rings is 1. The van der Waals surface area contributed by atoms with Gasteiger partial charge in [-0.3, -0.25) is 0 Å². The van der Waals surface area contributed by atoms with Crippen molar-refractivity contribution in [1.82, 2.24) is 0 Å². The summed E-state index contributed by atoms with van der Waals surface area (Å²) in [7, 11) is 0. The van der Waals surface area contributed by atoms with Crippen LogP contribution in [-0.2, 0) is 24.2 Å². The maximum atomic E-state index is 13.2. The number of aromatic carboxylic acids is 1. The van der Waals surface area contributed by atoms with Crippen LogP contribution in [0.1, 0.15) is 31.2 Å².